The number of hydrogen-bond donors (Lipinski definition) is 1. The molecule has 0 aliphatic heterocycles. The van der Waals surface area contributed by atoms with E-state index in [1.165, 1.54) is 38.2 Å². The van der Waals surface area contributed by atoms with Gasteiger partial charge in [0.15, 0.2) is 16.5 Å². The monoisotopic (exact) mass is 429 g/mol. The van der Waals surface area contributed by atoms with Crippen molar-refractivity contribution in [2.45, 2.75) is 20.0 Å². The zero-order chi connectivity index (χ0) is 21.5. The molecule has 0 aliphatic carbocycles. The van der Waals surface area contributed by atoms with Crippen LogP contribution in [0.15, 0.2) is 36.4 Å². The van der Waals surface area contributed by atoms with E-state index in [2.05, 4.69) is 22.4 Å². The number of benzene rings is 2. The third kappa shape index (κ3) is 4.98. The van der Waals surface area contributed by atoms with Crippen LogP contribution in [-0.2, 0) is 13.0 Å². The molecule has 1 heterocycles. The number of rotatable bonds is 9. The van der Waals surface area contributed by atoms with Crippen LogP contribution in [0.25, 0.3) is 0 Å². The van der Waals surface area contributed by atoms with Crippen molar-refractivity contribution < 1.29 is 23.7 Å². The Bertz CT molecular complexity index is 979. The molecule has 0 atom stereocenters. The highest BCUT2D eigenvalue weighted by atomic mass is 32.1. The van der Waals surface area contributed by atoms with E-state index < -0.39 is 0 Å². The minimum Gasteiger partial charge on any atom is -0.493 e. The summed E-state index contributed by atoms with van der Waals surface area (Å²) in [5, 5.41) is 11.8. The highest BCUT2D eigenvalue weighted by Gasteiger charge is 2.18. The van der Waals surface area contributed by atoms with Gasteiger partial charge in [-0.3, -0.25) is 10.1 Å². The van der Waals surface area contributed by atoms with Crippen molar-refractivity contribution in [3.05, 3.63) is 52.5 Å². The Kier molecular flexibility index (Phi) is 7.08. The summed E-state index contributed by atoms with van der Waals surface area (Å²) in [5.74, 6) is 1.59. The lowest BCUT2D eigenvalue weighted by molar-refractivity contribution is 0.102. The molecule has 3 rings (SSSR count). The predicted molar refractivity (Wildman–Crippen MR) is 114 cm³/mol. The number of hydrogen-bond acceptors (Lipinski definition) is 8. The number of aryl methyl sites for hydroxylation is 1. The van der Waals surface area contributed by atoms with Gasteiger partial charge in [0.1, 0.15) is 12.4 Å². The van der Waals surface area contributed by atoms with Gasteiger partial charge in [-0.1, -0.05) is 30.4 Å². The standard InChI is InChI=1S/C21H23N3O5S/c1-5-13-6-8-15(9-7-13)29-12-18-23-24-21(30-18)22-20(25)14-10-16(26-2)19(28-4)17(11-14)27-3/h6-11H,5,12H2,1-4H3,(H,22,24,25). The molecule has 0 unspecified atom stereocenters. The molecule has 158 valence electrons. The molecule has 8 nitrogen and oxygen atoms in total. The first kappa shape index (κ1) is 21.4. The van der Waals surface area contributed by atoms with Crippen molar-refractivity contribution in [3.8, 4) is 23.0 Å². The fourth-order valence-electron chi connectivity index (χ4n) is 2.71. The lowest BCUT2D eigenvalue weighted by Crippen LogP contribution is -2.12. The first-order valence-electron chi connectivity index (χ1n) is 9.23. The maximum Gasteiger partial charge on any atom is 0.257 e. The Morgan fingerprint density at radius 3 is 2.23 bits per heavy atom. The Hall–Kier alpha value is -3.33. The number of nitrogens with zero attached hydrogens (tertiary/aromatic N) is 2. The van der Waals surface area contributed by atoms with Gasteiger partial charge in [0, 0.05) is 5.56 Å². The van der Waals surface area contributed by atoms with Crippen LogP contribution in [0.5, 0.6) is 23.0 Å². The van der Waals surface area contributed by atoms with Crippen LogP contribution in [0.4, 0.5) is 5.13 Å². The summed E-state index contributed by atoms with van der Waals surface area (Å²) in [6.45, 7) is 2.37. The summed E-state index contributed by atoms with van der Waals surface area (Å²) in [4.78, 5) is 12.6. The van der Waals surface area contributed by atoms with Gasteiger partial charge in [0.05, 0.1) is 21.3 Å². The van der Waals surface area contributed by atoms with E-state index >= 15 is 0 Å². The summed E-state index contributed by atoms with van der Waals surface area (Å²) in [6.07, 6.45) is 0.978. The fourth-order valence-corrected chi connectivity index (χ4v) is 3.36. The smallest absolute Gasteiger partial charge is 0.257 e. The molecule has 9 heteroatoms. The number of anilines is 1. The van der Waals surface area contributed by atoms with Crippen LogP contribution < -0.4 is 24.3 Å². The molecule has 3 aromatic rings. The maximum absolute atomic E-state index is 12.6. The van der Waals surface area contributed by atoms with E-state index in [1.807, 2.05) is 24.3 Å². The molecule has 0 fully saturated rings. The van der Waals surface area contributed by atoms with Crippen LogP contribution in [0.3, 0.4) is 0 Å². The Morgan fingerprint density at radius 1 is 1.00 bits per heavy atom. The molecule has 0 radical (unpaired) electrons. The van der Waals surface area contributed by atoms with E-state index in [-0.39, 0.29) is 12.5 Å². The van der Waals surface area contributed by atoms with Crippen molar-refractivity contribution in [3.63, 3.8) is 0 Å². The Balaban J connectivity index is 1.65. The molecule has 0 saturated carbocycles. The second-order valence-electron chi connectivity index (χ2n) is 6.16. The fraction of sp³-hybridized carbons (Fsp3) is 0.286. The van der Waals surface area contributed by atoms with Gasteiger partial charge in [-0.05, 0) is 36.2 Å². The van der Waals surface area contributed by atoms with E-state index in [1.54, 1.807) is 12.1 Å². The number of methoxy groups -OCH3 is 3. The average molecular weight is 429 g/mol. The second kappa shape index (κ2) is 9.93. The van der Waals surface area contributed by atoms with Crippen molar-refractivity contribution >= 4 is 22.4 Å². The van der Waals surface area contributed by atoms with Crippen molar-refractivity contribution in [2.75, 3.05) is 26.6 Å². The van der Waals surface area contributed by atoms with E-state index in [9.17, 15) is 4.79 Å². The molecule has 0 bridgehead atoms. The molecular weight excluding hydrogens is 406 g/mol. The zero-order valence-corrected chi connectivity index (χ0v) is 18.0. The minimum atomic E-state index is -0.368. The average Bonchev–Trinajstić information content (AvgIpc) is 3.24. The summed E-state index contributed by atoms with van der Waals surface area (Å²) in [6, 6.07) is 11.0. The Morgan fingerprint density at radius 2 is 1.67 bits per heavy atom. The lowest BCUT2D eigenvalue weighted by Gasteiger charge is -2.13. The molecular formula is C21H23N3O5S. The van der Waals surface area contributed by atoms with E-state index in [0.717, 1.165) is 12.2 Å². The number of amides is 1. The van der Waals surface area contributed by atoms with E-state index in [0.29, 0.717) is 33.0 Å². The van der Waals surface area contributed by atoms with Gasteiger partial charge in [0.2, 0.25) is 10.9 Å². The molecule has 0 aliphatic rings. The maximum atomic E-state index is 12.6. The molecule has 30 heavy (non-hydrogen) atoms. The SMILES string of the molecule is CCc1ccc(OCc2nnc(NC(=O)c3cc(OC)c(OC)c(OC)c3)s2)cc1. The minimum absolute atomic E-state index is 0.267. The number of carbonyl (C=O) groups excluding carboxylic acids is 1. The van der Waals surface area contributed by atoms with Gasteiger partial charge in [-0.25, -0.2) is 0 Å². The van der Waals surface area contributed by atoms with Gasteiger partial charge < -0.3 is 18.9 Å². The second-order valence-corrected chi connectivity index (χ2v) is 7.22. The summed E-state index contributed by atoms with van der Waals surface area (Å²) >= 11 is 1.24. The lowest BCUT2D eigenvalue weighted by atomic mass is 10.1. The van der Waals surface area contributed by atoms with Crippen LogP contribution in [0.2, 0.25) is 0 Å². The summed E-state index contributed by atoms with van der Waals surface area (Å²) < 4.78 is 21.6. The van der Waals surface area contributed by atoms with Gasteiger partial charge in [-0.15, -0.1) is 10.2 Å². The summed E-state index contributed by atoms with van der Waals surface area (Å²) in [5.41, 5.74) is 1.59. The predicted octanol–water partition coefficient (Wildman–Crippen LogP) is 3.96. The van der Waals surface area contributed by atoms with Crippen LogP contribution >= 0.6 is 11.3 Å². The molecule has 0 saturated heterocycles. The highest BCUT2D eigenvalue weighted by Crippen LogP contribution is 2.38. The molecule has 1 N–H and O–H groups in total. The molecule has 2 aromatic carbocycles. The van der Waals surface area contributed by atoms with Gasteiger partial charge in [0.25, 0.3) is 5.91 Å². The third-order valence-corrected chi connectivity index (χ3v) is 5.12. The number of carbonyl (C=O) groups is 1. The van der Waals surface area contributed by atoms with Crippen molar-refractivity contribution in [1.82, 2.24) is 10.2 Å². The zero-order valence-electron chi connectivity index (χ0n) is 17.2. The number of nitrogens with one attached hydrogen (secondary N) is 1. The molecule has 1 amide bonds. The normalized spacial score (nSPS) is 10.4. The molecule has 1 aromatic heterocycles. The quantitative estimate of drug-likeness (QED) is 0.550. The van der Waals surface area contributed by atoms with Crippen molar-refractivity contribution in [1.29, 1.82) is 0 Å². The van der Waals surface area contributed by atoms with Crippen LogP contribution in [0, 0.1) is 0 Å². The van der Waals surface area contributed by atoms with Crippen molar-refractivity contribution in [2.24, 2.45) is 0 Å². The molecule has 0 spiro atoms. The number of ether oxygens (including phenoxy) is 4. The van der Waals surface area contributed by atoms with E-state index in [4.69, 9.17) is 18.9 Å². The Labute approximate surface area is 178 Å². The van der Waals surface area contributed by atoms with Crippen LogP contribution in [-0.4, -0.2) is 37.4 Å². The highest BCUT2D eigenvalue weighted by molar-refractivity contribution is 7.15. The van der Waals surface area contributed by atoms with Gasteiger partial charge >= 0.3 is 0 Å². The van der Waals surface area contributed by atoms with Gasteiger partial charge in [-0.2, -0.15) is 0 Å². The first-order valence-corrected chi connectivity index (χ1v) is 10.0. The third-order valence-electron chi connectivity index (χ3n) is 4.31. The first-order chi connectivity index (χ1) is 14.6. The number of aromatic nitrogens is 2. The largest absolute Gasteiger partial charge is 0.493 e. The topological polar surface area (TPSA) is 91.8 Å². The summed E-state index contributed by atoms with van der Waals surface area (Å²) in [7, 11) is 4.49. The van der Waals surface area contributed by atoms with Crippen LogP contribution in [0.1, 0.15) is 27.9 Å².